The van der Waals surface area contributed by atoms with Crippen LogP contribution in [-0.4, -0.2) is 18.5 Å². The molecule has 1 fully saturated rings. The molecule has 2 rings (SSSR count). The fraction of sp³-hybridized carbons (Fsp3) is 0.500. The summed E-state index contributed by atoms with van der Waals surface area (Å²) in [5.74, 6) is 0.124. The van der Waals surface area contributed by atoms with Crippen molar-refractivity contribution in [3.05, 3.63) is 34.3 Å². The molecule has 2 nitrogen and oxygen atoms in total. The summed E-state index contributed by atoms with van der Waals surface area (Å²) >= 11 is 6.02. The Bertz CT molecular complexity index is 409. The molecule has 0 spiro atoms. The maximum Gasteiger partial charge on any atom is 0.165 e. The monoisotopic (exact) mass is 252 g/mol. The zero-order chi connectivity index (χ0) is 12.3. The molecule has 0 radical (unpaired) electrons. The van der Waals surface area contributed by atoms with Gasteiger partial charge in [0, 0.05) is 23.6 Å². The Balaban J connectivity index is 2.01. The smallest absolute Gasteiger partial charge is 0.165 e. The van der Waals surface area contributed by atoms with Gasteiger partial charge in [-0.1, -0.05) is 23.7 Å². The highest BCUT2D eigenvalue weighted by Crippen LogP contribution is 2.21. The van der Waals surface area contributed by atoms with Gasteiger partial charge in [0.2, 0.25) is 0 Å². The highest BCUT2D eigenvalue weighted by atomic mass is 35.5. The van der Waals surface area contributed by atoms with Crippen LogP contribution in [-0.2, 0) is 4.74 Å². The van der Waals surface area contributed by atoms with E-state index in [1.807, 2.05) is 19.1 Å². The molecule has 1 saturated heterocycles. The molecule has 0 amide bonds. The maximum atomic E-state index is 12.0. The molecule has 1 unspecified atom stereocenters. The van der Waals surface area contributed by atoms with Crippen molar-refractivity contribution < 1.29 is 9.53 Å². The van der Waals surface area contributed by atoms with Crippen LogP contribution in [0.3, 0.4) is 0 Å². The molecule has 1 aromatic rings. The lowest BCUT2D eigenvalue weighted by molar-refractivity contribution is 0.0129. The van der Waals surface area contributed by atoms with Crippen molar-refractivity contribution in [1.29, 1.82) is 0 Å². The first-order chi connectivity index (χ1) is 8.16. The Kier molecular flexibility index (Phi) is 4.19. The minimum Gasteiger partial charge on any atom is -0.378 e. The predicted octanol–water partition coefficient (Wildman–Crippen LogP) is 3.79. The van der Waals surface area contributed by atoms with Gasteiger partial charge in [-0.3, -0.25) is 4.79 Å². The molecule has 92 valence electrons. The number of benzene rings is 1. The van der Waals surface area contributed by atoms with Crippen LogP contribution >= 0.6 is 11.6 Å². The average molecular weight is 253 g/mol. The number of ketones is 1. The topological polar surface area (TPSA) is 26.3 Å². The Morgan fingerprint density at radius 2 is 2.29 bits per heavy atom. The Morgan fingerprint density at radius 3 is 2.94 bits per heavy atom. The summed E-state index contributed by atoms with van der Waals surface area (Å²) in [7, 11) is 0. The summed E-state index contributed by atoms with van der Waals surface area (Å²) in [6, 6.07) is 5.48. The van der Waals surface area contributed by atoms with Crippen LogP contribution in [0.4, 0.5) is 0 Å². The van der Waals surface area contributed by atoms with Gasteiger partial charge in [-0.05, 0) is 37.8 Å². The zero-order valence-electron chi connectivity index (χ0n) is 10.0. The summed E-state index contributed by atoms with van der Waals surface area (Å²) in [4.78, 5) is 12.0. The summed E-state index contributed by atoms with van der Waals surface area (Å²) in [5, 5.41) is 0.653. The van der Waals surface area contributed by atoms with Crippen molar-refractivity contribution in [2.75, 3.05) is 6.61 Å². The molecule has 1 heterocycles. The standard InChI is InChI=1S/C14H17ClO2/c1-10-5-6-11(8-13(10)15)14(16)9-12-4-2-3-7-17-12/h5-6,8,12H,2-4,7,9H2,1H3. The van der Waals surface area contributed by atoms with Gasteiger partial charge >= 0.3 is 0 Å². The van der Waals surface area contributed by atoms with E-state index in [0.717, 1.165) is 31.4 Å². The second-order valence-corrected chi connectivity index (χ2v) is 4.99. The normalized spacial score (nSPS) is 20.2. The SMILES string of the molecule is Cc1ccc(C(=O)CC2CCCCO2)cc1Cl. The maximum absolute atomic E-state index is 12.0. The molecule has 17 heavy (non-hydrogen) atoms. The first kappa shape index (κ1) is 12.6. The Labute approximate surface area is 107 Å². The van der Waals surface area contributed by atoms with Crippen LogP contribution < -0.4 is 0 Å². The first-order valence-corrected chi connectivity index (χ1v) is 6.45. The van der Waals surface area contributed by atoms with E-state index in [-0.39, 0.29) is 11.9 Å². The summed E-state index contributed by atoms with van der Waals surface area (Å²) in [5.41, 5.74) is 1.69. The van der Waals surface area contributed by atoms with Gasteiger partial charge in [0.1, 0.15) is 0 Å². The lowest BCUT2D eigenvalue weighted by Crippen LogP contribution is -2.22. The molecule has 0 aliphatic carbocycles. The number of aryl methyl sites for hydroxylation is 1. The third-order valence-corrected chi connectivity index (χ3v) is 3.59. The van der Waals surface area contributed by atoms with E-state index < -0.39 is 0 Å². The molecule has 0 bridgehead atoms. The fourth-order valence-corrected chi connectivity index (χ4v) is 2.24. The van der Waals surface area contributed by atoms with Crippen LogP contribution in [0, 0.1) is 6.92 Å². The third-order valence-electron chi connectivity index (χ3n) is 3.18. The number of ether oxygens (including phenoxy) is 1. The van der Waals surface area contributed by atoms with E-state index in [4.69, 9.17) is 16.3 Å². The predicted molar refractivity (Wildman–Crippen MR) is 68.7 cm³/mol. The van der Waals surface area contributed by atoms with Crippen molar-refractivity contribution in [3.8, 4) is 0 Å². The molecule has 1 aliphatic heterocycles. The molecule has 0 aromatic heterocycles. The van der Waals surface area contributed by atoms with Crippen LogP contribution in [0.2, 0.25) is 5.02 Å². The lowest BCUT2D eigenvalue weighted by Gasteiger charge is -2.21. The van der Waals surface area contributed by atoms with Gasteiger partial charge in [-0.15, -0.1) is 0 Å². The second-order valence-electron chi connectivity index (χ2n) is 4.58. The first-order valence-electron chi connectivity index (χ1n) is 6.08. The van der Waals surface area contributed by atoms with Gasteiger partial charge in [0.05, 0.1) is 6.10 Å². The molecule has 0 N–H and O–H groups in total. The van der Waals surface area contributed by atoms with Gasteiger partial charge in [0.25, 0.3) is 0 Å². The summed E-state index contributed by atoms with van der Waals surface area (Å²) < 4.78 is 5.57. The van der Waals surface area contributed by atoms with Gasteiger partial charge in [-0.25, -0.2) is 0 Å². The molecule has 3 heteroatoms. The minimum atomic E-state index is 0.0938. The zero-order valence-corrected chi connectivity index (χ0v) is 10.8. The van der Waals surface area contributed by atoms with E-state index in [9.17, 15) is 4.79 Å². The second kappa shape index (κ2) is 5.65. The molecular weight excluding hydrogens is 236 g/mol. The number of Topliss-reactive ketones (excluding diaryl/α,β-unsaturated/α-hetero) is 1. The number of rotatable bonds is 3. The third kappa shape index (κ3) is 3.30. The quantitative estimate of drug-likeness (QED) is 0.765. The Morgan fingerprint density at radius 1 is 1.47 bits per heavy atom. The number of carbonyl (C=O) groups excluding carboxylic acids is 1. The van der Waals surface area contributed by atoms with Crippen molar-refractivity contribution in [1.82, 2.24) is 0 Å². The molecular formula is C14H17ClO2. The number of halogens is 1. The van der Waals surface area contributed by atoms with Gasteiger partial charge in [0.15, 0.2) is 5.78 Å². The van der Waals surface area contributed by atoms with Crippen molar-refractivity contribution in [3.63, 3.8) is 0 Å². The molecule has 0 saturated carbocycles. The van der Waals surface area contributed by atoms with Crippen LogP contribution in [0.15, 0.2) is 18.2 Å². The number of hydrogen-bond donors (Lipinski definition) is 0. The van der Waals surface area contributed by atoms with E-state index in [2.05, 4.69) is 0 Å². The molecule has 1 aromatic carbocycles. The number of carbonyl (C=O) groups is 1. The van der Waals surface area contributed by atoms with Crippen molar-refractivity contribution in [2.45, 2.75) is 38.7 Å². The molecule has 1 atom stereocenters. The van der Waals surface area contributed by atoms with Gasteiger partial charge in [-0.2, -0.15) is 0 Å². The number of hydrogen-bond acceptors (Lipinski definition) is 2. The van der Waals surface area contributed by atoms with E-state index in [1.165, 1.54) is 0 Å². The average Bonchev–Trinajstić information content (AvgIpc) is 2.34. The van der Waals surface area contributed by atoms with Crippen molar-refractivity contribution in [2.24, 2.45) is 0 Å². The molecule has 1 aliphatic rings. The fourth-order valence-electron chi connectivity index (χ4n) is 2.06. The van der Waals surface area contributed by atoms with Crippen LogP contribution in [0.1, 0.15) is 41.6 Å². The van der Waals surface area contributed by atoms with Gasteiger partial charge < -0.3 is 4.74 Å². The van der Waals surface area contributed by atoms with Crippen LogP contribution in [0.5, 0.6) is 0 Å². The van der Waals surface area contributed by atoms with E-state index >= 15 is 0 Å². The van der Waals surface area contributed by atoms with Crippen LogP contribution in [0.25, 0.3) is 0 Å². The highest BCUT2D eigenvalue weighted by molar-refractivity contribution is 6.31. The van der Waals surface area contributed by atoms with E-state index in [0.29, 0.717) is 17.0 Å². The lowest BCUT2D eigenvalue weighted by atomic mass is 9.99. The largest absolute Gasteiger partial charge is 0.378 e. The minimum absolute atomic E-state index is 0.0938. The highest BCUT2D eigenvalue weighted by Gasteiger charge is 2.18. The Hall–Kier alpha value is -0.860. The van der Waals surface area contributed by atoms with E-state index in [1.54, 1.807) is 6.07 Å². The van der Waals surface area contributed by atoms with Crippen molar-refractivity contribution >= 4 is 17.4 Å². The summed E-state index contributed by atoms with van der Waals surface area (Å²) in [6.07, 6.45) is 3.83. The summed E-state index contributed by atoms with van der Waals surface area (Å²) in [6.45, 7) is 2.72.